The lowest BCUT2D eigenvalue weighted by molar-refractivity contribution is 0.169. The van der Waals surface area contributed by atoms with Gasteiger partial charge < -0.3 is 10.2 Å². The van der Waals surface area contributed by atoms with Crippen LogP contribution in [0.25, 0.3) is 0 Å². The molecule has 2 heterocycles. The first-order valence-corrected chi connectivity index (χ1v) is 8.54. The zero-order valence-electron chi connectivity index (χ0n) is 13.0. The largest absolute Gasteiger partial charge is 0.464 e. The van der Waals surface area contributed by atoms with Gasteiger partial charge in [0.25, 0.3) is 0 Å². The fraction of sp³-hybridized carbons (Fsp3) is 0.529. The fourth-order valence-electron chi connectivity index (χ4n) is 2.95. The molecule has 1 fully saturated rings. The molecule has 0 aromatic carbocycles. The number of furan rings is 1. The molecule has 3 nitrogen and oxygen atoms in total. The minimum atomic E-state index is 0.130. The Morgan fingerprint density at radius 1 is 1.43 bits per heavy atom. The Labute approximate surface area is 130 Å². The average Bonchev–Trinajstić information content (AvgIpc) is 2.94. The quantitative estimate of drug-likeness (QED) is 0.871. The van der Waals surface area contributed by atoms with Crippen LogP contribution in [-0.4, -0.2) is 18.5 Å². The molecule has 4 atom stereocenters. The summed E-state index contributed by atoms with van der Waals surface area (Å²) in [6.45, 7) is 5.07. The van der Waals surface area contributed by atoms with Crippen molar-refractivity contribution >= 4 is 11.3 Å². The van der Waals surface area contributed by atoms with Crippen molar-refractivity contribution in [2.75, 3.05) is 13.6 Å². The number of hydrogen-bond acceptors (Lipinski definition) is 4. The van der Waals surface area contributed by atoms with Gasteiger partial charge in [0.2, 0.25) is 0 Å². The van der Waals surface area contributed by atoms with Crippen LogP contribution in [0.5, 0.6) is 0 Å². The Hall–Kier alpha value is -1.10. The van der Waals surface area contributed by atoms with Gasteiger partial charge in [-0.1, -0.05) is 13.0 Å². The van der Waals surface area contributed by atoms with E-state index < -0.39 is 0 Å². The van der Waals surface area contributed by atoms with Crippen LogP contribution in [-0.2, 0) is 0 Å². The van der Waals surface area contributed by atoms with E-state index in [1.54, 1.807) is 11.3 Å². The van der Waals surface area contributed by atoms with Crippen LogP contribution in [0.1, 0.15) is 54.7 Å². The molecule has 4 heteroatoms. The topological polar surface area (TPSA) is 42.4 Å². The van der Waals surface area contributed by atoms with Crippen LogP contribution in [0.2, 0.25) is 0 Å². The smallest absolute Gasteiger partial charge is 0.122 e. The maximum atomic E-state index is 6.10. The van der Waals surface area contributed by atoms with Crippen molar-refractivity contribution in [1.29, 1.82) is 0 Å². The van der Waals surface area contributed by atoms with E-state index in [1.807, 2.05) is 0 Å². The van der Waals surface area contributed by atoms with Crippen molar-refractivity contribution in [2.24, 2.45) is 11.7 Å². The monoisotopic (exact) mass is 304 g/mol. The number of thiophene rings is 1. The molecule has 0 amide bonds. The van der Waals surface area contributed by atoms with Crippen LogP contribution in [0.3, 0.4) is 0 Å². The summed E-state index contributed by atoms with van der Waals surface area (Å²) in [5.41, 5.74) is 6.03. The molecule has 0 bridgehead atoms. The maximum absolute atomic E-state index is 6.10. The SMILES string of the molecule is CC1CC1c1ccc(C(CN)N(C)C(C)c2cccs2)o1. The zero-order chi connectivity index (χ0) is 15.0. The molecule has 1 aliphatic rings. The average molecular weight is 304 g/mol. The number of nitrogens with two attached hydrogens (primary N) is 1. The summed E-state index contributed by atoms with van der Waals surface area (Å²) >= 11 is 1.79. The second-order valence-electron chi connectivity index (χ2n) is 6.17. The predicted molar refractivity (Wildman–Crippen MR) is 87.5 cm³/mol. The summed E-state index contributed by atoms with van der Waals surface area (Å²) in [4.78, 5) is 3.67. The Bertz CT molecular complexity index is 577. The molecule has 2 N–H and O–H groups in total. The summed E-state index contributed by atoms with van der Waals surface area (Å²) < 4.78 is 6.10. The van der Waals surface area contributed by atoms with Crippen molar-refractivity contribution < 1.29 is 4.42 Å². The van der Waals surface area contributed by atoms with Crippen molar-refractivity contribution in [3.8, 4) is 0 Å². The normalized spacial score (nSPS) is 24.2. The van der Waals surface area contributed by atoms with E-state index in [4.69, 9.17) is 10.2 Å². The van der Waals surface area contributed by atoms with Crippen LogP contribution in [0.15, 0.2) is 34.1 Å². The minimum absolute atomic E-state index is 0.130. The highest BCUT2D eigenvalue weighted by atomic mass is 32.1. The number of rotatable bonds is 6. The van der Waals surface area contributed by atoms with Crippen molar-refractivity contribution in [3.05, 3.63) is 46.0 Å². The molecule has 0 saturated heterocycles. The summed E-state index contributed by atoms with van der Waals surface area (Å²) in [6, 6.07) is 8.99. The number of likely N-dealkylation sites (N-methyl/N-ethyl adjacent to an activating group) is 1. The lowest BCUT2D eigenvalue weighted by Gasteiger charge is -2.30. The molecule has 21 heavy (non-hydrogen) atoms. The molecule has 0 spiro atoms. The van der Waals surface area contributed by atoms with E-state index in [1.165, 1.54) is 11.3 Å². The van der Waals surface area contributed by atoms with Gasteiger partial charge in [0.05, 0.1) is 6.04 Å². The van der Waals surface area contributed by atoms with E-state index >= 15 is 0 Å². The van der Waals surface area contributed by atoms with Gasteiger partial charge in [0, 0.05) is 23.4 Å². The summed E-state index contributed by atoms with van der Waals surface area (Å²) in [5.74, 6) is 3.52. The van der Waals surface area contributed by atoms with Gasteiger partial charge in [-0.3, -0.25) is 4.90 Å². The van der Waals surface area contributed by atoms with E-state index in [0.29, 0.717) is 18.5 Å². The Morgan fingerprint density at radius 3 is 2.76 bits per heavy atom. The van der Waals surface area contributed by atoms with Gasteiger partial charge in [-0.05, 0) is 49.9 Å². The van der Waals surface area contributed by atoms with Crippen molar-refractivity contribution in [1.82, 2.24) is 4.90 Å². The third kappa shape index (κ3) is 2.93. The van der Waals surface area contributed by atoms with Gasteiger partial charge in [0.15, 0.2) is 0 Å². The maximum Gasteiger partial charge on any atom is 0.122 e. The van der Waals surface area contributed by atoms with E-state index in [9.17, 15) is 0 Å². The second kappa shape index (κ2) is 5.95. The summed E-state index contributed by atoms with van der Waals surface area (Å²) in [7, 11) is 2.13. The summed E-state index contributed by atoms with van der Waals surface area (Å²) in [5, 5.41) is 2.12. The first kappa shape index (κ1) is 14.8. The first-order chi connectivity index (χ1) is 10.1. The lowest BCUT2D eigenvalue weighted by atomic mass is 10.1. The molecule has 3 rings (SSSR count). The first-order valence-electron chi connectivity index (χ1n) is 7.66. The van der Waals surface area contributed by atoms with Crippen LogP contribution in [0, 0.1) is 5.92 Å². The molecule has 2 aromatic rings. The molecule has 4 unspecified atom stereocenters. The Kier molecular flexibility index (Phi) is 4.20. The third-order valence-electron chi connectivity index (χ3n) is 4.73. The molecular weight excluding hydrogens is 280 g/mol. The van der Waals surface area contributed by atoms with Gasteiger partial charge in [-0.15, -0.1) is 11.3 Å². The molecule has 114 valence electrons. The molecular formula is C17H24N2OS. The third-order valence-corrected chi connectivity index (χ3v) is 5.77. The van der Waals surface area contributed by atoms with E-state index in [-0.39, 0.29) is 6.04 Å². The Morgan fingerprint density at radius 2 is 2.19 bits per heavy atom. The van der Waals surface area contributed by atoms with Gasteiger partial charge in [-0.2, -0.15) is 0 Å². The zero-order valence-corrected chi connectivity index (χ0v) is 13.8. The second-order valence-corrected chi connectivity index (χ2v) is 7.15. The number of nitrogens with zero attached hydrogens (tertiary/aromatic N) is 1. The highest BCUT2D eigenvalue weighted by Crippen LogP contribution is 2.48. The van der Waals surface area contributed by atoms with Crippen molar-refractivity contribution in [2.45, 2.75) is 38.3 Å². The fourth-order valence-corrected chi connectivity index (χ4v) is 3.78. The highest BCUT2D eigenvalue weighted by molar-refractivity contribution is 7.10. The standard InChI is InChI=1S/C17H24N2OS/c1-11-9-13(11)15-6-7-16(20-15)14(10-18)19(3)12(2)17-5-4-8-21-17/h4-8,11-14H,9-10,18H2,1-3H3. The molecule has 1 saturated carbocycles. The van der Waals surface area contributed by atoms with Crippen LogP contribution in [0.4, 0.5) is 0 Å². The highest BCUT2D eigenvalue weighted by Gasteiger charge is 2.37. The van der Waals surface area contributed by atoms with Crippen molar-refractivity contribution in [3.63, 3.8) is 0 Å². The van der Waals surface area contributed by atoms with Gasteiger partial charge in [0.1, 0.15) is 11.5 Å². The molecule has 1 aliphatic carbocycles. The molecule has 0 aliphatic heterocycles. The molecule has 0 radical (unpaired) electrons. The van der Waals surface area contributed by atoms with Gasteiger partial charge in [-0.25, -0.2) is 0 Å². The van der Waals surface area contributed by atoms with Crippen LogP contribution >= 0.6 is 11.3 Å². The van der Waals surface area contributed by atoms with E-state index in [2.05, 4.69) is 55.4 Å². The van der Waals surface area contributed by atoms with Crippen LogP contribution < -0.4 is 5.73 Å². The lowest BCUT2D eigenvalue weighted by Crippen LogP contribution is -2.32. The number of hydrogen-bond donors (Lipinski definition) is 1. The molecule has 2 aromatic heterocycles. The Balaban J connectivity index is 1.76. The van der Waals surface area contributed by atoms with Gasteiger partial charge >= 0.3 is 0 Å². The van der Waals surface area contributed by atoms with E-state index in [0.717, 1.165) is 17.4 Å². The predicted octanol–water partition coefficient (Wildman–Crippen LogP) is 4.16. The minimum Gasteiger partial charge on any atom is -0.464 e. The summed E-state index contributed by atoms with van der Waals surface area (Å²) in [6.07, 6.45) is 1.25.